The second-order valence-electron chi connectivity index (χ2n) is 4.90. The van der Waals surface area contributed by atoms with Crippen molar-refractivity contribution < 1.29 is 18.5 Å². The van der Waals surface area contributed by atoms with E-state index in [0.717, 1.165) is 6.42 Å². The first-order valence-electron chi connectivity index (χ1n) is 5.97. The van der Waals surface area contributed by atoms with Crippen LogP contribution in [0.25, 0.3) is 0 Å². The Morgan fingerprint density at radius 2 is 1.94 bits per heavy atom. The highest BCUT2D eigenvalue weighted by molar-refractivity contribution is 7.86. The molecule has 0 aliphatic carbocycles. The molecule has 0 spiro atoms. The van der Waals surface area contributed by atoms with Gasteiger partial charge in [-0.15, -0.1) is 0 Å². The Labute approximate surface area is 111 Å². The van der Waals surface area contributed by atoms with Crippen LogP contribution >= 0.6 is 0 Å². The molecular weight excluding hydrogens is 254 g/mol. The summed E-state index contributed by atoms with van der Waals surface area (Å²) < 4.78 is 16.3. The Balaban J connectivity index is 4.23. The number of hydrogen-bond acceptors (Lipinski definition) is 4. The van der Waals surface area contributed by atoms with Gasteiger partial charge in [0.05, 0.1) is 13.5 Å². The summed E-state index contributed by atoms with van der Waals surface area (Å²) in [5, 5.41) is 2.43. The molecule has 0 bridgehead atoms. The summed E-state index contributed by atoms with van der Waals surface area (Å²) >= 11 is 0. The molecule has 0 rings (SSSR count). The molecule has 18 heavy (non-hydrogen) atoms. The summed E-state index contributed by atoms with van der Waals surface area (Å²) in [4.78, 5) is 22.7. The second-order valence-corrected chi connectivity index (χ2v) is 6.76. The van der Waals surface area contributed by atoms with Crippen molar-refractivity contribution in [1.82, 2.24) is 5.32 Å². The smallest absolute Gasteiger partial charge is 0.306 e. The number of amides is 1. The van der Waals surface area contributed by atoms with Gasteiger partial charge in [-0.3, -0.25) is 13.8 Å². The first-order chi connectivity index (χ1) is 8.21. The Bertz CT molecular complexity index is 328. The number of hydrogen-bond donors (Lipinski definition) is 1. The maximum atomic E-state index is 11.8. The van der Waals surface area contributed by atoms with E-state index < -0.39 is 16.8 Å². The third kappa shape index (κ3) is 6.74. The molecule has 6 heteroatoms. The Hall–Kier alpha value is -0.910. The van der Waals surface area contributed by atoms with Gasteiger partial charge in [0.1, 0.15) is 5.75 Å². The van der Waals surface area contributed by atoms with Crippen molar-refractivity contribution in [2.75, 3.05) is 12.9 Å². The zero-order chi connectivity index (χ0) is 14.3. The van der Waals surface area contributed by atoms with Crippen molar-refractivity contribution in [2.24, 2.45) is 0 Å². The molecule has 1 amide bonds. The lowest BCUT2D eigenvalue weighted by molar-refractivity contribution is -0.140. The molecule has 1 N–H and O–H groups in total. The van der Waals surface area contributed by atoms with Crippen LogP contribution in [0, 0.1) is 0 Å². The van der Waals surface area contributed by atoms with E-state index >= 15 is 0 Å². The van der Waals surface area contributed by atoms with Crippen LogP contribution in [0.3, 0.4) is 0 Å². The number of esters is 1. The molecule has 2 atom stereocenters. The van der Waals surface area contributed by atoms with Crippen molar-refractivity contribution >= 4 is 22.7 Å². The summed E-state index contributed by atoms with van der Waals surface area (Å²) in [5.41, 5.74) is -0.299. The van der Waals surface area contributed by atoms with E-state index in [-0.39, 0.29) is 28.9 Å². The number of carbonyl (C=O) groups is 2. The zero-order valence-electron chi connectivity index (χ0n) is 11.7. The normalized spacial score (nSPS) is 14.7. The molecule has 5 nitrogen and oxygen atoms in total. The Morgan fingerprint density at radius 3 is 2.39 bits per heavy atom. The van der Waals surface area contributed by atoms with Gasteiger partial charge in [0, 0.05) is 21.6 Å². The highest BCUT2D eigenvalue weighted by Crippen LogP contribution is 2.08. The fourth-order valence-electron chi connectivity index (χ4n) is 1.18. The van der Waals surface area contributed by atoms with Crippen molar-refractivity contribution in [3.8, 4) is 0 Å². The van der Waals surface area contributed by atoms with Crippen LogP contribution in [0.4, 0.5) is 0 Å². The van der Waals surface area contributed by atoms with E-state index in [2.05, 4.69) is 10.1 Å². The van der Waals surface area contributed by atoms with Crippen LogP contribution in [0.1, 0.15) is 40.5 Å². The fraction of sp³-hybridized carbons (Fsp3) is 0.833. The van der Waals surface area contributed by atoms with Gasteiger partial charge in [-0.25, -0.2) is 0 Å². The predicted octanol–water partition coefficient (Wildman–Crippen LogP) is 0.991. The number of carbonyl (C=O) groups excluding carboxylic acids is 2. The lowest BCUT2D eigenvalue weighted by Crippen LogP contribution is -2.45. The highest BCUT2D eigenvalue weighted by Gasteiger charge is 2.22. The highest BCUT2D eigenvalue weighted by atomic mass is 32.2. The average molecular weight is 277 g/mol. The molecule has 2 unspecified atom stereocenters. The third-order valence-electron chi connectivity index (χ3n) is 2.77. The van der Waals surface area contributed by atoms with Crippen LogP contribution in [-0.2, 0) is 25.1 Å². The lowest BCUT2D eigenvalue weighted by atomic mass is 10.0. The molecule has 0 aromatic carbocycles. The van der Waals surface area contributed by atoms with Crippen LogP contribution in [0.2, 0.25) is 0 Å². The molecular formula is C12H23NO4S. The van der Waals surface area contributed by atoms with E-state index in [0.29, 0.717) is 0 Å². The molecule has 0 aromatic rings. The number of nitrogens with one attached hydrogen (secondary N) is 1. The Kier molecular flexibility index (Phi) is 7.13. The van der Waals surface area contributed by atoms with E-state index in [1.807, 2.05) is 20.8 Å². The van der Waals surface area contributed by atoms with Crippen molar-refractivity contribution in [3.05, 3.63) is 0 Å². The van der Waals surface area contributed by atoms with Crippen molar-refractivity contribution in [1.29, 1.82) is 0 Å². The number of methoxy groups -OCH3 is 1. The van der Waals surface area contributed by atoms with Crippen LogP contribution in [0.5, 0.6) is 0 Å². The molecule has 0 aliphatic heterocycles. The van der Waals surface area contributed by atoms with Crippen LogP contribution in [-0.4, -0.2) is 39.7 Å². The van der Waals surface area contributed by atoms with E-state index in [9.17, 15) is 13.8 Å². The third-order valence-corrected chi connectivity index (χ3v) is 4.38. The summed E-state index contributed by atoms with van der Waals surface area (Å²) in [7, 11) is -0.0804. The van der Waals surface area contributed by atoms with E-state index in [1.165, 1.54) is 7.11 Å². The lowest BCUT2D eigenvalue weighted by Gasteiger charge is -2.24. The van der Waals surface area contributed by atoms with Crippen LogP contribution < -0.4 is 5.32 Å². The van der Waals surface area contributed by atoms with Crippen LogP contribution in [0.15, 0.2) is 0 Å². The molecule has 0 fully saturated rings. The summed E-state index contributed by atoms with van der Waals surface area (Å²) in [5.74, 6) is -0.747. The maximum Gasteiger partial charge on any atom is 0.306 e. The van der Waals surface area contributed by atoms with Crippen molar-refractivity contribution in [2.45, 2.75) is 51.3 Å². The molecule has 0 aromatic heterocycles. The largest absolute Gasteiger partial charge is 0.469 e. The molecule has 0 saturated carbocycles. The van der Waals surface area contributed by atoms with Gasteiger partial charge in [0.15, 0.2) is 0 Å². The topological polar surface area (TPSA) is 72.5 Å². The number of rotatable bonds is 7. The molecule has 106 valence electrons. The van der Waals surface area contributed by atoms with Gasteiger partial charge in [0.2, 0.25) is 5.91 Å². The first-order valence-corrected chi connectivity index (χ1v) is 7.35. The maximum absolute atomic E-state index is 11.8. The monoisotopic (exact) mass is 277 g/mol. The molecule has 0 saturated heterocycles. The second kappa shape index (κ2) is 7.51. The zero-order valence-corrected chi connectivity index (χ0v) is 12.6. The summed E-state index contributed by atoms with van der Waals surface area (Å²) in [6.45, 7) is 7.46. The van der Waals surface area contributed by atoms with Gasteiger partial charge in [-0.2, -0.15) is 0 Å². The molecule has 0 radical (unpaired) electrons. The van der Waals surface area contributed by atoms with Gasteiger partial charge >= 0.3 is 5.97 Å². The first kappa shape index (κ1) is 17.1. The fourth-order valence-corrected chi connectivity index (χ4v) is 2.12. The van der Waals surface area contributed by atoms with Gasteiger partial charge in [-0.1, -0.05) is 13.8 Å². The minimum Gasteiger partial charge on any atom is -0.469 e. The average Bonchev–Trinajstić information content (AvgIpc) is 2.27. The molecule has 0 heterocycles. The van der Waals surface area contributed by atoms with E-state index in [1.54, 1.807) is 6.92 Å². The Morgan fingerprint density at radius 1 is 1.39 bits per heavy atom. The molecule has 0 aliphatic rings. The standard InChI is InChI=1S/C12H23NO4S/c1-6-12(3,4)13-10(14)8-18(16)9(2)7-11(15)17-5/h9H,6-8H2,1-5H3,(H,13,14). The quantitative estimate of drug-likeness (QED) is 0.704. The van der Waals surface area contributed by atoms with Crippen molar-refractivity contribution in [3.63, 3.8) is 0 Å². The van der Waals surface area contributed by atoms with Gasteiger partial charge in [0.25, 0.3) is 0 Å². The van der Waals surface area contributed by atoms with Gasteiger partial charge < -0.3 is 10.1 Å². The SMILES string of the molecule is CCC(C)(C)NC(=O)CS(=O)C(C)CC(=O)OC. The summed E-state index contributed by atoms with van der Waals surface area (Å²) in [6, 6.07) is 0. The minimum atomic E-state index is -1.37. The minimum absolute atomic E-state index is 0.0631. The van der Waals surface area contributed by atoms with E-state index in [4.69, 9.17) is 0 Å². The van der Waals surface area contributed by atoms with Gasteiger partial charge in [-0.05, 0) is 20.3 Å². The summed E-state index contributed by atoms with van der Waals surface area (Å²) in [6.07, 6.45) is 0.858. The predicted molar refractivity (Wildman–Crippen MR) is 71.6 cm³/mol. The number of ether oxygens (including phenoxy) is 1.